The van der Waals surface area contributed by atoms with Crippen LogP contribution in [0.4, 0.5) is 0 Å². The fourth-order valence-corrected chi connectivity index (χ4v) is 1.89. The largest absolute Gasteiger partial charge is 0.312 e. The summed E-state index contributed by atoms with van der Waals surface area (Å²) in [5.74, 6) is 0.891. The van der Waals surface area contributed by atoms with Crippen molar-refractivity contribution in [3.05, 3.63) is 45.6 Å². The minimum absolute atomic E-state index is 0.866. The van der Waals surface area contributed by atoms with Crippen molar-refractivity contribution in [1.29, 1.82) is 0 Å². The molecule has 0 amide bonds. The standard InChI is InChI=1S/C12H15IN4/c1-17-9-15-12(16-17)6-7-14-8-10-2-4-11(13)5-3-10/h2-5,9,14H,6-8H2,1H3. The van der Waals surface area contributed by atoms with E-state index >= 15 is 0 Å². The first-order chi connectivity index (χ1) is 8.24. The van der Waals surface area contributed by atoms with Crippen LogP contribution >= 0.6 is 22.6 Å². The second kappa shape index (κ2) is 6.11. The number of benzene rings is 1. The first-order valence-electron chi connectivity index (χ1n) is 5.54. The molecule has 17 heavy (non-hydrogen) atoms. The smallest absolute Gasteiger partial charge is 0.151 e. The summed E-state index contributed by atoms with van der Waals surface area (Å²) in [5.41, 5.74) is 1.30. The van der Waals surface area contributed by atoms with Gasteiger partial charge in [0.2, 0.25) is 0 Å². The Morgan fingerprint density at radius 1 is 1.29 bits per heavy atom. The van der Waals surface area contributed by atoms with Crippen LogP contribution in [0.3, 0.4) is 0 Å². The van der Waals surface area contributed by atoms with Crippen molar-refractivity contribution in [3.8, 4) is 0 Å². The van der Waals surface area contributed by atoms with Gasteiger partial charge in [0.15, 0.2) is 5.82 Å². The number of nitrogens with one attached hydrogen (secondary N) is 1. The van der Waals surface area contributed by atoms with Crippen molar-refractivity contribution in [1.82, 2.24) is 20.1 Å². The molecule has 1 aromatic carbocycles. The van der Waals surface area contributed by atoms with Gasteiger partial charge in [0.25, 0.3) is 0 Å². The molecule has 0 radical (unpaired) electrons. The van der Waals surface area contributed by atoms with Gasteiger partial charge in [0, 0.05) is 30.1 Å². The zero-order valence-electron chi connectivity index (χ0n) is 9.73. The van der Waals surface area contributed by atoms with Gasteiger partial charge in [0.1, 0.15) is 6.33 Å². The van der Waals surface area contributed by atoms with E-state index in [0.29, 0.717) is 0 Å². The number of hydrogen-bond acceptors (Lipinski definition) is 3. The van der Waals surface area contributed by atoms with Gasteiger partial charge in [-0.05, 0) is 40.3 Å². The predicted octanol–water partition coefficient (Wildman–Crippen LogP) is 1.75. The maximum atomic E-state index is 4.23. The van der Waals surface area contributed by atoms with Crippen molar-refractivity contribution in [2.75, 3.05) is 6.54 Å². The van der Waals surface area contributed by atoms with Gasteiger partial charge in [-0.15, -0.1) is 0 Å². The molecule has 2 rings (SSSR count). The summed E-state index contributed by atoms with van der Waals surface area (Å²) < 4.78 is 3.00. The molecule has 0 aliphatic heterocycles. The fraction of sp³-hybridized carbons (Fsp3) is 0.333. The highest BCUT2D eigenvalue weighted by Crippen LogP contribution is 2.06. The summed E-state index contributed by atoms with van der Waals surface area (Å²) in [7, 11) is 1.88. The van der Waals surface area contributed by atoms with E-state index in [4.69, 9.17) is 0 Å². The van der Waals surface area contributed by atoms with E-state index in [-0.39, 0.29) is 0 Å². The number of aryl methyl sites for hydroxylation is 1. The number of hydrogen-bond donors (Lipinski definition) is 1. The number of rotatable bonds is 5. The summed E-state index contributed by atoms with van der Waals surface area (Å²) in [6.07, 6.45) is 2.60. The topological polar surface area (TPSA) is 42.7 Å². The van der Waals surface area contributed by atoms with Gasteiger partial charge in [-0.1, -0.05) is 12.1 Å². The minimum Gasteiger partial charge on any atom is -0.312 e. The summed E-state index contributed by atoms with van der Waals surface area (Å²) in [5, 5.41) is 7.62. The minimum atomic E-state index is 0.866. The Morgan fingerprint density at radius 3 is 2.71 bits per heavy atom. The molecule has 5 heteroatoms. The number of nitrogens with zero attached hydrogens (tertiary/aromatic N) is 3. The lowest BCUT2D eigenvalue weighted by molar-refractivity contribution is 0.661. The van der Waals surface area contributed by atoms with Crippen molar-refractivity contribution >= 4 is 22.6 Å². The molecule has 0 aliphatic rings. The van der Waals surface area contributed by atoms with Crippen LogP contribution < -0.4 is 5.32 Å². The molecule has 0 unspecified atom stereocenters. The molecule has 0 saturated heterocycles. The lowest BCUT2D eigenvalue weighted by Gasteiger charge is -2.03. The Balaban J connectivity index is 1.71. The molecule has 4 nitrogen and oxygen atoms in total. The van der Waals surface area contributed by atoms with Crippen LogP contribution in [-0.2, 0) is 20.0 Å². The fourth-order valence-electron chi connectivity index (χ4n) is 1.53. The van der Waals surface area contributed by atoms with Gasteiger partial charge in [-0.3, -0.25) is 4.68 Å². The van der Waals surface area contributed by atoms with E-state index in [2.05, 4.69) is 62.3 Å². The van der Waals surface area contributed by atoms with Crippen LogP contribution in [0.1, 0.15) is 11.4 Å². The maximum absolute atomic E-state index is 4.23. The van der Waals surface area contributed by atoms with E-state index in [1.54, 1.807) is 11.0 Å². The lowest BCUT2D eigenvalue weighted by Crippen LogP contribution is -2.17. The Morgan fingerprint density at radius 2 is 2.06 bits per heavy atom. The third kappa shape index (κ3) is 4.08. The molecular formula is C12H15IN4. The van der Waals surface area contributed by atoms with E-state index in [1.165, 1.54) is 9.13 Å². The van der Waals surface area contributed by atoms with Crippen LogP contribution in [0.5, 0.6) is 0 Å². The molecule has 1 N–H and O–H groups in total. The van der Waals surface area contributed by atoms with Gasteiger partial charge < -0.3 is 5.32 Å². The molecule has 1 heterocycles. The molecule has 1 aromatic heterocycles. The van der Waals surface area contributed by atoms with Crippen LogP contribution in [0.25, 0.3) is 0 Å². The molecule has 0 bridgehead atoms. The molecule has 2 aromatic rings. The zero-order valence-corrected chi connectivity index (χ0v) is 11.9. The predicted molar refractivity (Wildman–Crippen MR) is 75.6 cm³/mol. The van der Waals surface area contributed by atoms with E-state index in [9.17, 15) is 0 Å². The number of halogens is 1. The van der Waals surface area contributed by atoms with Gasteiger partial charge in [-0.25, -0.2) is 4.98 Å². The monoisotopic (exact) mass is 342 g/mol. The first kappa shape index (κ1) is 12.5. The van der Waals surface area contributed by atoms with Crippen LogP contribution in [0.15, 0.2) is 30.6 Å². The third-order valence-corrected chi connectivity index (χ3v) is 3.13. The summed E-state index contributed by atoms with van der Waals surface area (Å²) in [6.45, 7) is 1.79. The van der Waals surface area contributed by atoms with E-state index in [0.717, 1.165) is 25.3 Å². The van der Waals surface area contributed by atoms with Crippen LogP contribution in [0, 0.1) is 3.57 Å². The summed E-state index contributed by atoms with van der Waals surface area (Å²) >= 11 is 2.31. The highest BCUT2D eigenvalue weighted by atomic mass is 127. The second-order valence-electron chi connectivity index (χ2n) is 3.89. The Hall–Kier alpha value is -0.950. The number of aromatic nitrogens is 3. The van der Waals surface area contributed by atoms with Crippen molar-refractivity contribution in [3.63, 3.8) is 0 Å². The molecule has 0 atom stereocenters. The SMILES string of the molecule is Cn1cnc(CCNCc2ccc(I)cc2)n1. The average molecular weight is 342 g/mol. The molecule has 0 saturated carbocycles. The molecule has 90 valence electrons. The van der Waals surface area contributed by atoms with Gasteiger partial charge >= 0.3 is 0 Å². The lowest BCUT2D eigenvalue weighted by atomic mass is 10.2. The Labute approximate surface area is 115 Å². The van der Waals surface area contributed by atoms with E-state index in [1.807, 2.05) is 7.05 Å². The molecule has 0 fully saturated rings. The maximum Gasteiger partial charge on any atom is 0.151 e. The Bertz CT molecular complexity index is 464. The first-order valence-corrected chi connectivity index (χ1v) is 6.61. The van der Waals surface area contributed by atoms with Crippen molar-refractivity contribution in [2.45, 2.75) is 13.0 Å². The summed E-state index contributed by atoms with van der Waals surface area (Å²) in [6, 6.07) is 8.54. The summed E-state index contributed by atoms with van der Waals surface area (Å²) in [4.78, 5) is 4.18. The third-order valence-electron chi connectivity index (χ3n) is 2.41. The Kier molecular flexibility index (Phi) is 4.49. The molecular weight excluding hydrogens is 327 g/mol. The van der Waals surface area contributed by atoms with Crippen LogP contribution in [0.2, 0.25) is 0 Å². The second-order valence-corrected chi connectivity index (χ2v) is 5.13. The quantitative estimate of drug-likeness (QED) is 0.665. The normalized spacial score (nSPS) is 10.7. The van der Waals surface area contributed by atoms with Crippen LogP contribution in [-0.4, -0.2) is 21.3 Å². The van der Waals surface area contributed by atoms with Gasteiger partial charge in [0.05, 0.1) is 0 Å². The average Bonchev–Trinajstić information content (AvgIpc) is 2.73. The van der Waals surface area contributed by atoms with Crippen molar-refractivity contribution in [2.24, 2.45) is 7.05 Å². The van der Waals surface area contributed by atoms with Gasteiger partial charge in [-0.2, -0.15) is 5.10 Å². The highest BCUT2D eigenvalue weighted by molar-refractivity contribution is 14.1. The molecule has 0 spiro atoms. The zero-order chi connectivity index (χ0) is 12.1. The highest BCUT2D eigenvalue weighted by Gasteiger charge is 1.98. The molecule has 0 aliphatic carbocycles. The van der Waals surface area contributed by atoms with Crippen molar-refractivity contribution < 1.29 is 0 Å². The van der Waals surface area contributed by atoms with E-state index < -0.39 is 0 Å².